The van der Waals surface area contributed by atoms with Gasteiger partial charge < -0.3 is 0 Å². The van der Waals surface area contributed by atoms with E-state index in [1.807, 2.05) is 0 Å². The molecular formula is C21H22F5NO. The highest BCUT2D eigenvalue weighted by molar-refractivity contribution is 5.97. The molecular weight excluding hydrogens is 377 g/mol. The Balaban J connectivity index is 0.00000300. The van der Waals surface area contributed by atoms with Gasteiger partial charge in [-0.1, -0.05) is 12.1 Å². The molecule has 1 heterocycles. The lowest BCUT2D eigenvalue weighted by Gasteiger charge is -2.37. The van der Waals surface area contributed by atoms with Crippen LogP contribution in [-0.2, 0) is 11.8 Å². The zero-order valence-electron chi connectivity index (χ0n) is 15.5. The fraction of sp³-hybridized carbons (Fsp3) is 0.429. The summed E-state index contributed by atoms with van der Waals surface area (Å²) in [5.41, 5.74) is -0.839. The number of halogens is 5. The lowest BCUT2D eigenvalue weighted by molar-refractivity contribution is 0.0115. The Kier molecular flexibility index (Phi) is 5.30. The molecule has 1 fully saturated rings. The maximum Gasteiger partial charge on any atom is 0.287 e. The zero-order valence-corrected chi connectivity index (χ0v) is 15.5. The molecule has 2 atom stereocenters. The van der Waals surface area contributed by atoms with Crippen molar-refractivity contribution in [2.45, 2.75) is 50.9 Å². The molecule has 3 rings (SSSR count). The van der Waals surface area contributed by atoms with Crippen molar-refractivity contribution in [2.75, 3.05) is 0 Å². The van der Waals surface area contributed by atoms with Crippen molar-refractivity contribution in [1.29, 1.82) is 0 Å². The number of Topliss-reactive ketones (excluding diaryl/α,β-unsaturated/α-hetero) is 1. The molecule has 2 aromatic rings. The molecule has 0 aliphatic heterocycles. The van der Waals surface area contributed by atoms with Crippen LogP contribution in [0.1, 0.15) is 67.6 Å². The van der Waals surface area contributed by atoms with Gasteiger partial charge in [-0.3, -0.25) is 9.78 Å². The molecule has 0 N–H and O–H groups in total. The molecule has 1 aliphatic carbocycles. The first-order valence-corrected chi connectivity index (χ1v) is 9.02. The Morgan fingerprint density at radius 3 is 2.39 bits per heavy atom. The minimum Gasteiger partial charge on any atom is -0.294 e. The highest BCUT2D eigenvalue weighted by atomic mass is 19.3. The molecule has 1 saturated carbocycles. The van der Waals surface area contributed by atoms with Crippen LogP contribution in [0.4, 0.5) is 22.0 Å². The Morgan fingerprint density at radius 1 is 1.14 bits per heavy atom. The monoisotopic (exact) mass is 399 g/mol. The second-order valence-electron chi connectivity index (χ2n) is 7.48. The van der Waals surface area contributed by atoms with Gasteiger partial charge in [0.2, 0.25) is 0 Å². The summed E-state index contributed by atoms with van der Waals surface area (Å²) in [6.45, 7) is 1.37. The van der Waals surface area contributed by atoms with E-state index in [2.05, 4.69) is 4.98 Å². The largest absolute Gasteiger partial charge is 0.294 e. The van der Waals surface area contributed by atoms with E-state index in [9.17, 15) is 26.7 Å². The van der Waals surface area contributed by atoms with Crippen LogP contribution in [-0.4, -0.2) is 10.8 Å². The normalized spacial score (nSPS) is 20.0. The number of aromatic nitrogens is 1. The predicted octanol–water partition coefficient (Wildman–Crippen LogP) is 6.46. The summed E-state index contributed by atoms with van der Waals surface area (Å²) >= 11 is 0. The third kappa shape index (κ3) is 4.08. The molecule has 7 heteroatoms. The van der Waals surface area contributed by atoms with Gasteiger partial charge >= 0.3 is 0 Å². The minimum atomic E-state index is -3.25. The highest BCUT2D eigenvalue weighted by Crippen LogP contribution is 2.46. The van der Waals surface area contributed by atoms with Crippen molar-refractivity contribution < 1.29 is 28.2 Å². The second-order valence-corrected chi connectivity index (χ2v) is 7.48. The van der Waals surface area contributed by atoms with Crippen LogP contribution in [0, 0.1) is 11.7 Å². The Labute approximate surface area is 161 Å². The van der Waals surface area contributed by atoms with E-state index in [0.29, 0.717) is 26.7 Å². The predicted molar refractivity (Wildman–Crippen MR) is 96.3 cm³/mol. The van der Waals surface area contributed by atoms with Gasteiger partial charge in [0, 0.05) is 39.0 Å². The third-order valence-corrected chi connectivity index (χ3v) is 5.30. The van der Waals surface area contributed by atoms with E-state index < -0.39 is 34.7 Å². The van der Waals surface area contributed by atoms with Gasteiger partial charge in [0.15, 0.2) is 5.78 Å². The molecule has 1 aromatic carbocycles. The van der Waals surface area contributed by atoms with Crippen LogP contribution in [0.2, 0.25) is 0 Å². The Bertz CT molecular complexity index is 891. The Hall–Kier alpha value is -2.31. The summed E-state index contributed by atoms with van der Waals surface area (Å²) in [5.74, 6) is -8.13. The number of hydrogen-bond acceptors (Lipinski definition) is 2. The van der Waals surface area contributed by atoms with Gasteiger partial charge in [-0.2, -0.15) is 8.78 Å². The van der Waals surface area contributed by atoms with Gasteiger partial charge in [0.1, 0.15) is 11.5 Å². The van der Waals surface area contributed by atoms with Gasteiger partial charge in [0.25, 0.3) is 11.8 Å². The first-order valence-electron chi connectivity index (χ1n) is 9.02. The van der Waals surface area contributed by atoms with Crippen molar-refractivity contribution >= 4 is 5.78 Å². The average Bonchev–Trinajstić information content (AvgIpc) is 2.58. The summed E-state index contributed by atoms with van der Waals surface area (Å²) in [4.78, 5) is 16.2. The van der Waals surface area contributed by atoms with Crippen molar-refractivity contribution in [3.8, 4) is 0 Å². The van der Waals surface area contributed by atoms with E-state index in [1.165, 1.54) is 30.5 Å². The first kappa shape index (κ1) is 20.4. The quantitative estimate of drug-likeness (QED) is 0.412. The van der Waals surface area contributed by atoms with Crippen LogP contribution in [0.25, 0.3) is 0 Å². The summed E-state index contributed by atoms with van der Waals surface area (Å²) in [6.07, 6.45) is 2.43. The molecule has 152 valence electrons. The first-order chi connectivity index (χ1) is 13.0. The smallest absolute Gasteiger partial charge is 0.287 e. The zero-order chi connectivity index (χ0) is 20.7. The Morgan fingerprint density at radius 2 is 1.86 bits per heavy atom. The van der Waals surface area contributed by atoms with Crippen LogP contribution in [0.5, 0.6) is 0 Å². The maximum absolute atomic E-state index is 14.4. The molecule has 0 spiro atoms. The molecule has 1 aliphatic rings. The second kappa shape index (κ2) is 7.26. The summed E-state index contributed by atoms with van der Waals surface area (Å²) in [5, 5.41) is 0. The van der Waals surface area contributed by atoms with Gasteiger partial charge in [-0.05, 0) is 48.4 Å². The van der Waals surface area contributed by atoms with Crippen molar-refractivity contribution in [3.63, 3.8) is 0 Å². The standard InChI is InChI=1S/C21H20F5NO.H2/c1-20(23,24)13-6-8-15(17(22)11-13)14-7-5-12(14)10-18(28)16-4-3-9-27-19(16)21(2,25)26;/h3-4,6,8-9,11-12,14H,5,7,10H2,1-2H3;1H/t12-,14-;/m0./s1. The van der Waals surface area contributed by atoms with E-state index in [0.717, 1.165) is 6.07 Å². The molecule has 0 amide bonds. The topological polar surface area (TPSA) is 30.0 Å². The molecule has 0 unspecified atom stereocenters. The number of pyridine rings is 1. The molecule has 1 aromatic heterocycles. The average molecular weight is 399 g/mol. The number of alkyl halides is 4. The van der Waals surface area contributed by atoms with E-state index >= 15 is 0 Å². The molecule has 28 heavy (non-hydrogen) atoms. The van der Waals surface area contributed by atoms with Crippen molar-refractivity contribution in [1.82, 2.24) is 4.98 Å². The third-order valence-electron chi connectivity index (χ3n) is 5.30. The van der Waals surface area contributed by atoms with Crippen LogP contribution in [0.3, 0.4) is 0 Å². The number of nitrogens with zero attached hydrogens (tertiary/aromatic N) is 1. The van der Waals surface area contributed by atoms with Gasteiger partial charge in [-0.15, -0.1) is 0 Å². The SMILES string of the molecule is CC(F)(F)c1ccc([C@H]2CC[C@H]2CC(=O)c2cccnc2C(C)(F)F)c(F)c1.[HH]. The number of carbonyl (C=O) groups excluding carboxylic acids is 1. The number of ketones is 1. The highest BCUT2D eigenvalue weighted by Gasteiger charge is 2.38. The van der Waals surface area contributed by atoms with Gasteiger partial charge in [0.05, 0.1) is 0 Å². The van der Waals surface area contributed by atoms with Crippen LogP contribution in [0.15, 0.2) is 36.5 Å². The molecule has 0 saturated heterocycles. The number of hydrogen-bond donors (Lipinski definition) is 0. The van der Waals surface area contributed by atoms with E-state index in [1.54, 1.807) is 0 Å². The summed E-state index contributed by atoms with van der Waals surface area (Å²) in [7, 11) is 0. The number of rotatable bonds is 6. The van der Waals surface area contributed by atoms with Gasteiger partial charge in [-0.25, -0.2) is 13.2 Å². The summed E-state index contributed by atoms with van der Waals surface area (Å²) < 4.78 is 68.5. The fourth-order valence-corrected chi connectivity index (χ4v) is 3.65. The van der Waals surface area contributed by atoms with E-state index in [-0.39, 0.29) is 30.8 Å². The maximum atomic E-state index is 14.4. The lowest BCUT2D eigenvalue weighted by Crippen LogP contribution is -2.28. The molecule has 0 bridgehead atoms. The fourth-order valence-electron chi connectivity index (χ4n) is 3.65. The molecule has 2 nitrogen and oxygen atoms in total. The number of carbonyl (C=O) groups is 1. The number of benzene rings is 1. The van der Waals surface area contributed by atoms with E-state index in [4.69, 9.17) is 0 Å². The van der Waals surface area contributed by atoms with Crippen LogP contribution >= 0.6 is 0 Å². The lowest BCUT2D eigenvalue weighted by atomic mass is 9.67. The minimum absolute atomic E-state index is 0. The van der Waals surface area contributed by atoms with Crippen molar-refractivity contribution in [2.24, 2.45) is 5.92 Å². The molecule has 0 radical (unpaired) electrons. The van der Waals surface area contributed by atoms with Crippen molar-refractivity contribution in [3.05, 3.63) is 64.7 Å². The summed E-state index contributed by atoms with van der Waals surface area (Å²) in [6, 6.07) is 6.08. The van der Waals surface area contributed by atoms with Crippen LogP contribution < -0.4 is 0 Å².